The molecule has 0 amide bonds. The van der Waals surface area contributed by atoms with Gasteiger partial charge in [0.05, 0.1) is 13.2 Å². The van der Waals surface area contributed by atoms with Crippen molar-refractivity contribution in [3.05, 3.63) is 12.3 Å². The van der Waals surface area contributed by atoms with E-state index < -0.39 is 8.60 Å². The minimum absolute atomic E-state index is 0.0265. The smallest absolute Gasteiger partial charge is 0.330 e. The minimum atomic E-state index is -2.01. The van der Waals surface area contributed by atoms with E-state index in [1.807, 2.05) is 38.2 Å². The molecule has 1 aliphatic rings. The number of ether oxygens (including phenoxy) is 2. The lowest BCUT2D eigenvalue weighted by molar-refractivity contribution is -0.455. The van der Waals surface area contributed by atoms with Crippen molar-refractivity contribution in [2.75, 3.05) is 53.7 Å². The monoisotopic (exact) mass is 573 g/mol. The molecule has 1 N–H and O–H groups in total. The largest absolute Gasteiger partial charge is 0.379 e. The van der Waals surface area contributed by atoms with Gasteiger partial charge in [0.15, 0.2) is 12.7 Å². The molecule has 8 nitrogen and oxygen atoms in total. The third kappa shape index (κ3) is 19.9. The van der Waals surface area contributed by atoms with Crippen molar-refractivity contribution in [1.29, 1.82) is 0 Å². The van der Waals surface area contributed by atoms with E-state index in [-0.39, 0.29) is 31.1 Å². The summed E-state index contributed by atoms with van der Waals surface area (Å²) < 4.78 is 24.1. The van der Waals surface area contributed by atoms with Crippen molar-refractivity contribution in [2.45, 2.75) is 116 Å². The average molecular weight is 574 g/mol. The summed E-state index contributed by atoms with van der Waals surface area (Å²) in [6.07, 6.45) is 23.8. The van der Waals surface area contributed by atoms with Gasteiger partial charge < -0.3 is 23.4 Å². The highest BCUT2D eigenvalue weighted by molar-refractivity contribution is 7.40. The molecule has 1 rings (SSSR count). The normalized spacial score (nSPS) is 17.1. The Labute approximate surface area is 240 Å². The van der Waals surface area contributed by atoms with Crippen molar-refractivity contribution in [3.63, 3.8) is 0 Å². The number of likely N-dealkylation sites (N-methyl/N-ethyl adjacent to an activating group) is 1. The van der Waals surface area contributed by atoms with Gasteiger partial charge >= 0.3 is 8.60 Å². The molecule has 0 aromatic rings. The summed E-state index contributed by atoms with van der Waals surface area (Å²) in [4.78, 5) is 24.1. The SMILES string of the molecule is CCCCCCCCCCCCCCCCOCC(COP(O)OCC[N+]1=CC(=O)C(N(C)C)C=C1)OCC. The number of carbonyl (C=O) groups excluding carboxylic acids is 1. The van der Waals surface area contributed by atoms with Crippen molar-refractivity contribution < 1.29 is 32.8 Å². The number of rotatable bonds is 27. The van der Waals surface area contributed by atoms with Crippen LogP contribution in [-0.4, -0.2) is 92.2 Å². The van der Waals surface area contributed by atoms with Crippen molar-refractivity contribution in [2.24, 2.45) is 0 Å². The second-order valence-corrected chi connectivity index (χ2v) is 11.6. The molecule has 0 aliphatic carbocycles. The fourth-order valence-corrected chi connectivity index (χ4v) is 5.14. The summed E-state index contributed by atoms with van der Waals surface area (Å²) >= 11 is 0. The van der Waals surface area contributed by atoms with Crippen molar-refractivity contribution >= 4 is 20.6 Å². The van der Waals surface area contributed by atoms with Crippen LogP contribution in [0.3, 0.4) is 0 Å². The van der Waals surface area contributed by atoms with E-state index in [0.717, 1.165) is 13.0 Å². The molecule has 0 spiro atoms. The van der Waals surface area contributed by atoms with Gasteiger partial charge in [-0.15, -0.1) is 0 Å². The first kappa shape index (κ1) is 36.3. The molecule has 0 radical (unpaired) electrons. The molecule has 3 atom stereocenters. The second-order valence-electron chi connectivity index (χ2n) is 10.6. The maximum absolute atomic E-state index is 12.1. The van der Waals surface area contributed by atoms with Gasteiger partial charge in [-0.25, -0.2) is 0 Å². The highest BCUT2D eigenvalue weighted by atomic mass is 31.2. The highest BCUT2D eigenvalue weighted by Gasteiger charge is 2.24. The Morgan fingerprint density at radius 2 is 1.46 bits per heavy atom. The van der Waals surface area contributed by atoms with Crippen LogP contribution in [0.4, 0.5) is 0 Å². The Morgan fingerprint density at radius 1 is 0.872 bits per heavy atom. The van der Waals surface area contributed by atoms with Crippen LogP contribution < -0.4 is 0 Å². The standard InChI is InChI=1S/C30H58N2O6P/c1-5-7-8-9-10-11-12-13-14-15-16-17-18-19-23-35-26-28(36-6-2)27-38-39(34)37-24-22-32-21-20-29(31(3)4)30(33)25-32/h20-21,25,28-29,34H,5-19,22-24,26-27H2,1-4H3/q+1. The van der Waals surface area contributed by atoms with E-state index in [0.29, 0.717) is 19.8 Å². The Kier molecular flexibility index (Phi) is 23.3. The zero-order chi connectivity index (χ0) is 28.6. The fourth-order valence-electron chi connectivity index (χ4n) is 4.54. The predicted octanol–water partition coefficient (Wildman–Crippen LogP) is 6.25. The summed E-state index contributed by atoms with van der Waals surface area (Å²) in [5, 5.41) is 0. The zero-order valence-corrected chi connectivity index (χ0v) is 26.3. The van der Waals surface area contributed by atoms with Gasteiger partial charge in [0.25, 0.3) is 0 Å². The Hall–Kier alpha value is -0.730. The van der Waals surface area contributed by atoms with Crippen LogP contribution in [0.2, 0.25) is 0 Å². The summed E-state index contributed by atoms with van der Waals surface area (Å²) in [6, 6.07) is -0.229. The number of unbranched alkanes of at least 4 members (excludes halogenated alkanes) is 13. The highest BCUT2D eigenvalue weighted by Crippen LogP contribution is 2.32. The molecule has 0 fully saturated rings. The second kappa shape index (κ2) is 25.0. The molecular weight excluding hydrogens is 515 g/mol. The molecule has 228 valence electrons. The third-order valence-electron chi connectivity index (χ3n) is 6.87. The first-order valence-electron chi connectivity index (χ1n) is 15.4. The lowest BCUT2D eigenvalue weighted by Gasteiger charge is -2.19. The van der Waals surface area contributed by atoms with Gasteiger partial charge in [0, 0.05) is 19.3 Å². The number of hydrogen-bond acceptors (Lipinski definition) is 7. The Morgan fingerprint density at radius 3 is 2.00 bits per heavy atom. The van der Waals surface area contributed by atoms with Crippen molar-refractivity contribution in [1.82, 2.24) is 4.90 Å². The first-order valence-corrected chi connectivity index (χ1v) is 16.5. The molecule has 0 saturated heterocycles. The van der Waals surface area contributed by atoms with E-state index in [4.69, 9.17) is 18.5 Å². The molecule has 1 aliphatic heterocycles. The zero-order valence-electron chi connectivity index (χ0n) is 25.4. The van der Waals surface area contributed by atoms with Gasteiger partial charge in [-0.2, -0.15) is 4.58 Å². The summed E-state index contributed by atoms with van der Waals surface area (Å²) in [5.74, 6) is 0.0265. The number of carbonyl (C=O) groups is 1. The molecule has 3 unspecified atom stereocenters. The average Bonchev–Trinajstić information content (AvgIpc) is 2.91. The summed E-state index contributed by atoms with van der Waals surface area (Å²) in [7, 11) is 1.73. The molecule has 39 heavy (non-hydrogen) atoms. The summed E-state index contributed by atoms with van der Waals surface area (Å²) in [5.41, 5.74) is 0. The molecule has 0 saturated carbocycles. The van der Waals surface area contributed by atoms with E-state index in [1.54, 1.807) is 10.8 Å². The lowest BCUT2D eigenvalue weighted by Crippen LogP contribution is -2.39. The van der Waals surface area contributed by atoms with Gasteiger partial charge in [-0.05, 0) is 27.4 Å². The molecule has 1 heterocycles. The number of Topliss-reactive ketones (excluding diaryl/α,β-unsaturated/α-hetero) is 1. The number of ketones is 1. The van der Waals surface area contributed by atoms with E-state index in [9.17, 15) is 9.69 Å². The van der Waals surface area contributed by atoms with E-state index in [2.05, 4.69) is 6.92 Å². The molecule has 0 aromatic heterocycles. The first-order chi connectivity index (χ1) is 19.0. The van der Waals surface area contributed by atoms with Crippen LogP contribution in [0.15, 0.2) is 12.3 Å². The molecular formula is C30H58N2O6P+. The van der Waals surface area contributed by atoms with Crippen LogP contribution in [0, 0.1) is 0 Å². The number of nitrogens with zero attached hydrogens (tertiary/aromatic N) is 2. The maximum atomic E-state index is 12.1. The van der Waals surface area contributed by atoms with Crippen LogP contribution in [0.1, 0.15) is 104 Å². The van der Waals surface area contributed by atoms with Gasteiger partial charge in [-0.3, -0.25) is 9.69 Å². The van der Waals surface area contributed by atoms with Crippen LogP contribution in [-0.2, 0) is 23.3 Å². The molecule has 9 heteroatoms. The van der Waals surface area contributed by atoms with Gasteiger partial charge in [-0.1, -0.05) is 90.4 Å². The van der Waals surface area contributed by atoms with Crippen LogP contribution in [0.5, 0.6) is 0 Å². The maximum Gasteiger partial charge on any atom is 0.330 e. The Balaban J connectivity index is 1.99. The van der Waals surface area contributed by atoms with Crippen LogP contribution >= 0.6 is 8.60 Å². The third-order valence-corrected chi connectivity index (χ3v) is 7.64. The quantitative estimate of drug-likeness (QED) is 0.0707. The Bertz CT molecular complexity index is 661. The van der Waals surface area contributed by atoms with Crippen molar-refractivity contribution in [3.8, 4) is 0 Å². The lowest BCUT2D eigenvalue weighted by atomic mass is 10.0. The van der Waals surface area contributed by atoms with Crippen LogP contribution in [0.25, 0.3) is 0 Å². The molecule has 0 bridgehead atoms. The predicted molar refractivity (Wildman–Crippen MR) is 160 cm³/mol. The minimum Gasteiger partial charge on any atom is -0.379 e. The van der Waals surface area contributed by atoms with Gasteiger partial charge in [0.1, 0.15) is 18.8 Å². The number of hydrogen-bond donors (Lipinski definition) is 1. The van der Waals surface area contributed by atoms with Gasteiger partial charge in [0.2, 0.25) is 12.0 Å². The summed E-state index contributed by atoms with van der Waals surface area (Å²) in [6.45, 7) is 6.85. The fraction of sp³-hybridized carbons (Fsp3) is 0.867. The molecule has 0 aromatic carbocycles. The van der Waals surface area contributed by atoms with E-state index >= 15 is 0 Å². The topological polar surface area (TPSA) is 80.5 Å². The van der Waals surface area contributed by atoms with E-state index in [1.165, 1.54) is 83.5 Å².